The Morgan fingerprint density at radius 1 is 1.26 bits per heavy atom. The largest absolute Gasteiger partial charge is 0.394 e. The first-order valence-corrected chi connectivity index (χ1v) is 9.29. The number of carbonyl (C=O) groups is 1. The lowest BCUT2D eigenvalue weighted by atomic mass is 10.0. The summed E-state index contributed by atoms with van der Waals surface area (Å²) in [6.45, 7) is 1.47. The molecule has 4 N–H and O–H groups in total. The van der Waals surface area contributed by atoms with Crippen LogP contribution < -0.4 is 10.6 Å². The Kier molecular flexibility index (Phi) is 8.28. The molecule has 27 heavy (non-hydrogen) atoms. The summed E-state index contributed by atoms with van der Waals surface area (Å²) >= 11 is 5.91. The first-order chi connectivity index (χ1) is 12.8. The topological polar surface area (TPSA) is 97.3 Å². The van der Waals surface area contributed by atoms with E-state index >= 15 is 0 Å². The number of urea groups is 1. The highest BCUT2D eigenvalue weighted by Crippen LogP contribution is 2.25. The van der Waals surface area contributed by atoms with E-state index in [2.05, 4.69) is 10.6 Å². The Labute approximate surface area is 165 Å². The van der Waals surface area contributed by atoms with Crippen molar-refractivity contribution in [2.24, 2.45) is 0 Å². The summed E-state index contributed by atoms with van der Waals surface area (Å²) < 4.78 is 5.76. The molecule has 0 spiro atoms. The van der Waals surface area contributed by atoms with E-state index in [1.165, 1.54) is 0 Å². The third kappa shape index (κ3) is 6.31. The third-order valence-electron chi connectivity index (χ3n) is 4.60. The van der Waals surface area contributed by atoms with Gasteiger partial charge in [-0.2, -0.15) is 0 Å². The molecule has 1 heterocycles. The minimum Gasteiger partial charge on any atom is -0.394 e. The van der Waals surface area contributed by atoms with E-state index < -0.39 is 24.3 Å². The maximum atomic E-state index is 12.2. The van der Waals surface area contributed by atoms with Crippen LogP contribution in [-0.4, -0.2) is 97.8 Å². The zero-order valence-corrected chi connectivity index (χ0v) is 16.7. The average Bonchev–Trinajstić information content (AvgIpc) is 2.93. The summed E-state index contributed by atoms with van der Waals surface area (Å²) in [5.74, 6) is 0. The molecule has 152 valence electrons. The van der Waals surface area contributed by atoms with Crippen LogP contribution in [0.2, 0.25) is 5.02 Å². The summed E-state index contributed by atoms with van der Waals surface area (Å²) in [6, 6.07) is 6.14. The molecular formula is C18H29ClN4O4. The van der Waals surface area contributed by atoms with Crippen LogP contribution in [0.3, 0.4) is 0 Å². The Morgan fingerprint density at radius 2 is 2.00 bits per heavy atom. The van der Waals surface area contributed by atoms with E-state index in [1.54, 1.807) is 24.3 Å². The number of amides is 2. The van der Waals surface area contributed by atoms with Crippen molar-refractivity contribution < 1.29 is 19.7 Å². The van der Waals surface area contributed by atoms with Crippen molar-refractivity contribution in [3.63, 3.8) is 0 Å². The number of nitrogens with one attached hydrogen (secondary N) is 2. The predicted octanol–water partition coefficient (Wildman–Crippen LogP) is 0.444. The van der Waals surface area contributed by atoms with Crippen LogP contribution in [0.25, 0.3) is 0 Å². The molecule has 0 bridgehead atoms. The zero-order valence-electron chi connectivity index (χ0n) is 15.9. The van der Waals surface area contributed by atoms with Crippen LogP contribution in [0.15, 0.2) is 24.3 Å². The van der Waals surface area contributed by atoms with Crippen LogP contribution in [0.4, 0.5) is 10.5 Å². The van der Waals surface area contributed by atoms with Crippen molar-refractivity contribution in [3.05, 3.63) is 29.3 Å². The van der Waals surface area contributed by atoms with E-state index in [9.17, 15) is 15.0 Å². The fourth-order valence-corrected chi connectivity index (χ4v) is 3.32. The number of aliphatic hydroxyl groups is 2. The van der Waals surface area contributed by atoms with Crippen LogP contribution in [-0.2, 0) is 4.74 Å². The van der Waals surface area contributed by atoms with Gasteiger partial charge in [0.2, 0.25) is 0 Å². The second-order valence-corrected chi connectivity index (χ2v) is 7.44. The first kappa shape index (κ1) is 21.9. The molecule has 9 heteroatoms. The number of benzene rings is 1. The lowest BCUT2D eigenvalue weighted by Gasteiger charge is -2.31. The molecule has 1 aromatic rings. The number of carbonyl (C=O) groups excluding carboxylic acids is 1. The molecule has 1 aliphatic heterocycles. The van der Waals surface area contributed by atoms with Gasteiger partial charge in [0.15, 0.2) is 0 Å². The molecule has 0 unspecified atom stereocenters. The van der Waals surface area contributed by atoms with Crippen molar-refractivity contribution in [1.29, 1.82) is 0 Å². The van der Waals surface area contributed by atoms with Crippen LogP contribution in [0.1, 0.15) is 0 Å². The lowest BCUT2D eigenvalue weighted by Crippen LogP contribution is -2.51. The Bertz CT molecular complexity index is 619. The van der Waals surface area contributed by atoms with E-state index in [0.717, 1.165) is 13.1 Å². The van der Waals surface area contributed by atoms with Crippen molar-refractivity contribution in [2.45, 2.75) is 24.4 Å². The number of halogens is 1. The second kappa shape index (κ2) is 10.2. The predicted molar refractivity (Wildman–Crippen MR) is 105 cm³/mol. The summed E-state index contributed by atoms with van der Waals surface area (Å²) in [5, 5.41) is 25.9. The molecule has 0 aliphatic carbocycles. The van der Waals surface area contributed by atoms with Gasteiger partial charge in [-0.15, -0.1) is 0 Å². The molecule has 4 atom stereocenters. The zero-order chi connectivity index (χ0) is 20.0. The van der Waals surface area contributed by atoms with Gasteiger partial charge in [-0.3, -0.25) is 4.90 Å². The number of hydrogen-bond acceptors (Lipinski definition) is 6. The minimum atomic E-state index is -0.829. The first-order valence-electron chi connectivity index (χ1n) is 8.91. The highest BCUT2D eigenvalue weighted by molar-refractivity contribution is 6.30. The van der Waals surface area contributed by atoms with Crippen LogP contribution >= 0.6 is 11.6 Å². The molecule has 2 amide bonds. The summed E-state index contributed by atoms with van der Waals surface area (Å²) in [6.07, 6.45) is -1.93. The number of rotatable bonds is 8. The highest BCUT2D eigenvalue weighted by atomic mass is 35.5. The molecule has 1 aliphatic rings. The van der Waals surface area contributed by atoms with Crippen molar-refractivity contribution in [3.8, 4) is 0 Å². The maximum absolute atomic E-state index is 12.2. The molecular weight excluding hydrogens is 372 g/mol. The van der Waals surface area contributed by atoms with Gasteiger partial charge in [-0.25, -0.2) is 4.79 Å². The van der Waals surface area contributed by atoms with Crippen molar-refractivity contribution in [1.82, 2.24) is 15.1 Å². The lowest BCUT2D eigenvalue weighted by molar-refractivity contribution is -0.0205. The fourth-order valence-electron chi connectivity index (χ4n) is 3.13. The molecule has 0 saturated carbocycles. The Hall–Kier alpha value is -1.42. The van der Waals surface area contributed by atoms with E-state index in [-0.39, 0.29) is 19.2 Å². The number of likely N-dealkylation sites (N-methyl/N-ethyl adjacent to an activating group) is 2. The van der Waals surface area contributed by atoms with Gasteiger partial charge < -0.3 is 30.5 Å². The van der Waals surface area contributed by atoms with Gasteiger partial charge >= 0.3 is 6.03 Å². The van der Waals surface area contributed by atoms with E-state index in [4.69, 9.17) is 16.3 Å². The number of aliphatic hydroxyl groups excluding tert-OH is 2. The van der Waals surface area contributed by atoms with Gasteiger partial charge in [0, 0.05) is 30.3 Å². The van der Waals surface area contributed by atoms with Gasteiger partial charge in [0.05, 0.1) is 18.8 Å². The average molecular weight is 401 g/mol. The van der Waals surface area contributed by atoms with E-state index in [0.29, 0.717) is 10.7 Å². The maximum Gasteiger partial charge on any atom is 0.319 e. The molecule has 1 fully saturated rings. The number of anilines is 1. The summed E-state index contributed by atoms with van der Waals surface area (Å²) in [5.41, 5.74) is 0.584. The van der Waals surface area contributed by atoms with Gasteiger partial charge in [-0.05, 0) is 39.3 Å². The quantitative estimate of drug-likeness (QED) is 0.505. The smallest absolute Gasteiger partial charge is 0.319 e. The Balaban J connectivity index is 1.93. The van der Waals surface area contributed by atoms with Crippen molar-refractivity contribution in [2.75, 3.05) is 52.7 Å². The second-order valence-electron chi connectivity index (χ2n) is 7.01. The SMILES string of the molecule is CN(C)CCN(C)[C@H]1[C@H](O)[C@H](CO)O[C@@H]1CNC(=O)Nc1cccc(Cl)c1. The van der Waals surface area contributed by atoms with Gasteiger partial charge in [0.1, 0.15) is 12.2 Å². The third-order valence-corrected chi connectivity index (χ3v) is 4.83. The molecule has 2 rings (SSSR count). The van der Waals surface area contributed by atoms with Crippen LogP contribution in [0, 0.1) is 0 Å². The van der Waals surface area contributed by atoms with Gasteiger partial charge in [0.25, 0.3) is 0 Å². The molecule has 0 radical (unpaired) electrons. The molecule has 1 saturated heterocycles. The number of hydrogen-bond donors (Lipinski definition) is 4. The van der Waals surface area contributed by atoms with Crippen molar-refractivity contribution >= 4 is 23.3 Å². The molecule has 1 aromatic carbocycles. The Morgan fingerprint density at radius 3 is 2.63 bits per heavy atom. The normalized spacial score (nSPS) is 25.2. The summed E-state index contributed by atoms with van der Waals surface area (Å²) in [4.78, 5) is 16.2. The van der Waals surface area contributed by atoms with E-state index in [1.807, 2.05) is 30.9 Å². The molecule has 8 nitrogen and oxygen atoms in total. The molecule has 0 aromatic heterocycles. The monoisotopic (exact) mass is 400 g/mol. The van der Waals surface area contributed by atoms with Crippen LogP contribution in [0.5, 0.6) is 0 Å². The standard InChI is InChI=1S/C18H29ClN4O4/c1-22(2)7-8-23(3)16-14(27-15(11-24)17(16)25)10-20-18(26)21-13-6-4-5-12(19)9-13/h4-6,9,14-17,24-25H,7-8,10-11H2,1-3H3,(H2,20,21,26)/t14-,15+,16-,17-/m1/s1. The fraction of sp³-hybridized carbons (Fsp3) is 0.611. The summed E-state index contributed by atoms with van der Waals surface area (Å²) in [7, 11) is 5.86. The number of nitrogens with zero attached hydrogens (tertiary/aromatic N) is 2. The minimum absolute atomic E-state index is 0.205. The highest BCUT2D eigenvalue weighted by Gasteiger charge is 2.45. The van der Waals surface area contributed by atoms with Gasteiger partial charge in [-0.1, -0.05) is 17.7 Å². The number of ether oxygens (including phenoxy) is 1.